The Morgan fingerprint density at radius 1 is 0.537 bits per heavy atom. The van der Waals surface area contributed by atoms with Gasteiger partial charge in [0.25, 0.3) is 7.82 Å². The van der Waals surface area contributed by atoms with Crippen molar-refractivity contribution in [1.29, 1.82) is 0 Å². The molecule has 0 saturated heterocycles. The lowest BCUT2D eigenvalue weighted by Crippen LogP contribution is -2.46. The molecule has 0 saturated carbocycles. The van der Waals surface area contributed by atoms with Gasteiger partial charge < -0.3 is 28.8 Å². The van der Waals surface area contributed by atoms with Crippen molar-refractivity contribution < 1.29 is 32.9 Å². The third-order valence-electron chi connectivity index (χ3n) is 12.5. The molecule has 0 aliphatic heterocycles. The Kier molecular flexibility index (Phi) is 47.9. The first kappa shape index (κ1) is 65.2. The number of aliphatic hydroxyl groups is 1. The summed E-state index contributed by atoms with van der Waals surface area (Å²) >= 11 is 0. The fraction of sp³-hybridized carbons (Fsp3) is 0.810. The Hall–Kier alpha value is -1.80. The molecule has 0 bridgehead atoms. The number of amides is 1. The normalized spacial score (nSPS) is 14.4. The monoisotopic (exact) mass is 961 g/mol. The number of carbonyl (C=O) groups excluding carboxylic acids is 1. The van der Waals surface area contributed by atoms with Gasteiger partial charge in [0, 0.05) is 6.42 Å². The van der Waals surface area contributed by atoms with Gasteiger partial charge in [-0.1, -0.05) is 248 Å². The second-order valence-electron chi connectivity index (χ2n) is 20.3. The van der Waals surface area contributed by atoms with Crippen molar-refractivity contribution in [3.63, 3.8) is 0 Å². The first-order valence-corrected chi connectivity index (χ1v) is 29.6. The van der Waals surface area contributed by atoms with Gasteiger partial charge in [-0.3, -0.25) is 9.36 Å². The summed E-state index contributed by atoms with van der Waals surface area (Å²) in [5, 5.41) is 14.0. The number of nitrogens with zero attached hydrogens (tertiary/aromatic N) is 1. The maximum atomic E-state index is 13.0. The summed E-state index contributed by atoms with van der Waals surface area (Å²) < 4.78 is 23.4. The second-order valence-corrected chi connectivity index (χ2v) is 21.7. The molecular weight excluding hydrogens is 852 g/mol. The Morgan fingerprint density at radius 2 is 0.910 bits per heavy atom. The number of rotatable bonds is 51. The molecule has 9 heteroatoms. The van der Waals surface area contributed by atoms with Crippen molar-refractivity contribution in [3.05, 3.63) is 60.8 Å². The van der Waals surface area contributed by atoms with E-state index in [4.69, 9.17) is 9.05 Å². The van der Waals surface area contributed by atoms with E-state index in [1.807, 2.05) is 21.1 Å². The topological polar surface area (TPSA) is 108 Å². The van der Waals surface area contributed by atoms with Gasteiger partial charge in [0.2, 0.25) is 5.91 Å². The maximum absolute atomic E-state index is 13.0. The standard InChI is InChI=1S/C58H109N2O6P/c1-6-8-10-12-14-16-18-20-22-24-26-28-29-30-32-33-35-37-39-41-43-45-47-49-51-57(61)56(55-66-67(63,64)65-54-53-60(3,4)5)59-58(62)52-50-48-46-44-42-40-38-36-34-31-27-25-23-21-19-17-15-13-11-9-7-2/h9,11,15,17,21,23,27,31,36,38,56-57,61H,6-8,10,12-14,16,18-20,22,24-26,28-30,32-35,37,39-55H2,1-5H3,(H-,59,62,63,64)/b11-9-,17-15-,23-21-,31-27-,38-36-. The summed E-state index contributed by atoms with van der Waals surface area (Å²) in [7, 11) is 1.29. The number of carbonyl (C=O) groups is 1. The van der Waals surface area contributed by atoms with E-state index in [1.54, 1.807) is 0 Å². The molecule has 0 aromatic carbocycles. The highest BCUT2D eigenvalue weighted by atomic mass is 31.2. The van der Waals surface area contributed by atoms with Gasteiger partial charge in [-0.2, -0.15) is 0 Å². The van der Waals surface area contributed by atoms with Gasteiger partial charge in [0.15, 0.2) is 0 Å². The molecule has 0 heterocycles. The zero-order chi connectivity index (χ0) is 49.2. The molecule has 392 valence electrons. The van der Waals surface area contributed by atoms with Crippen molar-refractivity contribution in [1.82, 2.24) is 5.32 Å². The lowest BCUT2D eigenvalue weighted by molar-refractivity contribution is -0.870. The third-order valence-corrected chi connectivity index (χ3v) is 13.5. The first-order chi connectivity index (χ1) is 32.5. The van der Waals surface area contributed by atoms with Crippen molar-refractivity contribution in [3.8, 4) is 0 Å². The zero-order valence-corrected chi connectivity index (χ0v) is 45.5. The van der Waals surface area contributed by atoms with Crippen molar-refractivity contribution >= 4 is 13.7 Å². The van der Waals surface area contributed by atoms with E-state index in [0.29, 0.717) is 23.9 Å². The number of nitrogens with one attached hydrogen (secondary N) is 1. The Morgan fingerprint density at radius 3 is 1.33 bits per heavy atom. The number of allylic oxidation sites excluding steroid dienone is 10. The molecule has 0 aromatic rings. The Bertz CT molecular complexity index is 1270. The van der Waals surface area contributed by atoms with Crippen molar-refractivity contribution in [2.24, 2.45) is 0 Å². The third kappa shape index (κ3) is 51.9. The van der Waals surface area contributed by atoms with Crippen LogP contribution in [0.2, 0.25) is 0 Å². The summed E-state index contributed by atoms with van der Waals surface area (Å²) in [4.78, 5) is 25.5. The maximum Gasteiger partial charge on any atom is 0.268 e. The summed E-state index contributed by atoms with van der Waals surface area (Å²) in [6.45, 7) is 4.61. The summed E-state index contributed by atoms with van der Waals surface area (Å²) in [6, 6.07) is -0.815. The van der Waals surface area contributed by atoms with Crippen LogP contribution in [0, 0.1) is 0 Å². The molecule has 3 atom stereocenters. The predicted molar refractivity (Wildman–Crippen MR) is 288 cm³/mol. The highest BCUT2D eigenvalue weighted by Crippen LogP contribution is 2.38. The summed E-state index contributed by atoms with van der Waals surface area (Å²) in [6.07, 6.45) is 65.3. The SMILES string of the molecule is CC/C=C\C/C=C\C/C=C\C/C=C\C/C=C\CCCCCCCC(=O)NC(COP(=O)([O-])OCC[N+](C)(C)C)C(O)CCCCCCCCCCCCCCCCCCCCCCCCCC. The van der Waals surface area contributed by atoms with Crippen LogP contribution in [-0.4, -0.2) is 68.5 Å². The van der Waals surface area contributed by atoms with Crippen LogP contribution in [0.25, 0.3) is 0 Å². The molecule has 0 aromatic heterocycles. The van der Waals surface area contributed by atoms with Crippen LogP contribution in [0.3, 0.4) is 0 Å². The average molecular weight is 961 g/mol. The van der Waals surface area contributed by atoms with Gasteiger partial charge in [-0.25, -0.2) is 0 Å². The fourth-order valence-electron chi connectivity index (χ4n) is 8.13. The number of quaternary nitrogens is 1. The molecule has 2 N–H and O–H groups in total. The molecule has 0 radical (unpaired) electrons. The van der Waals surface area contributed by atoms with Crippen LogP contribution >= 0.6 is 7.82 Å². The van der Waals surface area contributed by atoms with Crippen LogP contribution < -0.4 is 10.2 Å². The number of hydrogen-bond acceptors (Lipinski definition) is 6. The van der Waals surface area contributed by atoms with Crippen LogP contribution in [0.5, 0.6) is 0 Å². The zero-order valence-electron chi connectivity index (χ0n) is 44.6. The van der Waals surface area contributed by atoms with E-state index in [1.165, 1.54) is 135 Å². The van der Waals surface area contributed by atoms with Gasteiger partial charge in [0.05, 0.1) is 39.9 Å². The van der Waals surface area contributed by atoms with E-state index < -0.39 is 20.0 Å². The fourth-order valence-corrected chi connectivity index (χ4v) is 8.85. The van der Waals surface area contributed by atoms with Crippen LogP contribution in [-0.2, 0) is 18.4 Å². The van der Waals surface area contributed by atoms with Crippen molar-refractivity contribution in [2.75, 3.05) is 40.9 Å². The van der Waals surface area contributed by atoms with E-state index >= 15 is 0 Å². The lowest BCUT2D eigenvalue weighted by Gasteiger charge is -2.30. The van der Waals surface area contributed by atoms with E-state index in [2.05, 4.69) is 79.9 Å². The van der Waals surface area contributed by atoms with E-state index in [9.17, 15) is 19.4 Å². The first-order valence-electron chi connectivity index (χ1n) is 28.1. The predicted octanol–water partition coefficient (Wildman–Crippen LogP) is 16.3. The molecule has 67 heavy (non-hydrogen) atoms. The van der Waals surface area contributed by atoms with Crippen LogP contribution in [0.4, 0.5) is 0 Å². The number of phosphoric ester groups is 1. The van der Waals surface area contributed by atoms with Gasteiger partial charge in [-0.15, -0.1) is 0 Å². The summed E-state index contributed by atoms with van der Waals surface area (Å²) in [5.41, 5.74) is 0. The Balaban J connectivity index is 4.23. The molecule has 0 spiro atoms. The number of hydrogen-bond donors (Lipinski definition) is 2. The quantitative estimate of drug-likeness (QED) is 0.0272. The minimum Gasteiger partial charge on any atom is -0.756 e. The molecule has 1 amide bonds. The van der Waals surface area contributed by atoms with Crippen LogP contribution in [0.15, 0.2) is 60.8 Å². The molecule has 0 aliphatic rings. The smallest absolute Gasteiger partial charge is 0.268 e. The van der Waals surface area contributed by atoms with Gasteiger partial charge in [-0.05, 0) is 57.8 Å². The molecule has 0 aliphatic carbocycles. The minimum atomic E-state index is -4.58. The van der Waals surface area contributed by atoms with Crippen LogP contribution in [0.1, 0.15) is 251 Å². The lowest BCUT2D eigenvalue weighted by atomic mass is 10.0. The van der Waals surface area contributed by atoms with Gasteiger partial charge >= 0.3 is 0 Å². The highest BCUT2D eigenvalue weighted by molar-refractivity contribution is 7.45. The largest absolute Gasteiger partial charge is 0.756 e. The number of aliphatic hydroxyl groups excluding tert-OH is 1. The molecular formula is C58H109N2O6P. The number of likely N-dealkylation sites (N-methyl/N-ethyl adjacent to an activating group) is 1. The summed E-state index contributed by atoms with van der Waals surface area (Å²) in [5.74, 6) is -0.183. The highest BCUT2D eigenvalue weighted by Gasteiger charge is 2.24. The van der Waals surface area contributed by atoms with Crippen molar-refractivity contribution in [2.45, 2.75) is 264 Å². The molecule has 3 unspecified atom stereocenters. The number of phosphoric acid groups is 1. The second kappa shape index (κ2) is 49.2. The van der Waals surface area contributed by atoms with E-state index in [0.717, 1.165) is 89.9 Å². The van der Waals surface area contributed by atoms with E-state index in [-0.39, 0.29) is 19.1 Å². The molecule has 8 nitrogen and oxygen atoms in total. The molecule has 0 rings (SSSR count). The Labute approximate surface area is 415 Å². The molecule has 0 fully saturated rings. The average Bonchev–Trinajstić information content (AvgIpc) is 3.29. The van der Waals surface area contributed by atoms with Gasteiger partial charge in [0.1, 0.15) is 13.2 Å². The number of unbranched alkanes of at least 4 members (excludes halogenated alkanes) is 28. The minimum absolute atomic E-state index is 0.00567.